The van der Waals surface area contributed by atoms with Gasteiger partial charge in [-0.1, -0.05) is 29.3 Å². The fraction of sp³-hybridized carbons (Fsp3) is 0.385. The van der Waals surface area contributed by atoms with E-state index in [0.29, 0.717) is 0 Å². The molecule has 88 valence electrons. The number of benzene rings is 1. The SMILES string of the molecule is CC(C)=CC(O)CS(=O)c1ccc(C)cc1. The van der Waals surface area contributed by atoms with Crippen molar-refractivity contribution in [3.8, 4) is 0 Å². The van der Waals surface area contributed by atoms with Crippen molar-refractivity contribution in [2.45, 2.75) is 31.8 Å². The summed E-state index contributed by atoms with van der Waals surface area (Å²) >= 11 is 0. The van der Waals surface area contributed by atoms with E-state index in [2.05, 4.69) is 0 Å². The topological polar surface area (TPSA) is 37.3 Å². The first kappa shape index (κ1) is 13.1. The summed E-state index contributed by atoms with van der Waals surface area (Å²) in [5.41, 5.74) is 2.18. The summed E-state index contributed by atoms with van der Waals surface area (Å²) in [5.74, 6) is 0.258. The van der Waals surface area contributed by atoms with E-state index in [1.54, 1.807) is 6.08 Å². The molecule has 0 saturated carbocycles. The number of aryl methyl sites for hydroxylation is 1. The first-order chi connectivity index (χ1) is 7.49. The highest BCUT2D eigenvalue weighted by molar-refractivity contribution is 7.85. The van der Waals surface area contributed by atoms with Gasteiger partial charge in [-0.2, -0.15) is 0 Å². The molecule has 0 aliphatic carbocycles. The summed E-state index contributed by atoms with van der Waals surface area (Å²) in [7, 11) is -1.13. The Labute approximate surface area is 99.5 Å². The summed E-state index contributed by atoms with van der Waals surface area (Å²) < 4.78 is 11.9. The lowest BCUT2D eigenvalue weighted by Gasteiger charge is -2.07. The first-order valence-electron chi connectivity index (χ1n) is 5.27. The van der Waals surface area contributed by atoms with E-state index < -0.39 is 16.9 Å². The minimum absolute atomic E-state index is 0.258. The second-order valence-electron chi connectivity index (χ2n) is 4.14. The van der Waals surface area contributed by atoms with Crippen molar-refractivity contribution in [1.29, 1.82) is 0 Å². The molecule has 0 aliphatic rings. The van der Waals surface area contributed by atoms with Crippen LogP contribution in [-0.2, 0) is 10.8 Å². The Morgan fingerprint density at radius 2 is 1.94 bits per heavy atom. The van der Waals surface area contributed by atoms with Crippen LogP contribution in [0.4, 0.5) is 0 Å². The molecule has 2 atom stereocenters. The minimum Gasteiger partial charge on any atom is -0.388 e. The smallest absolute Gasteiger partial charge is 0.0842 e. The third-order valence-corrected chi connectivity index (χ3v) is 3.57. The van der Waals surface area contributed by atoms with Gasteiger partial charge in [0, 0.05) is 4.90 Å². The molecule has 0 heterocycles. The lowest BCUT2D eigenvalue weighted by Crippen LogP contribution is -2.14. The van der Waals surface area contributed by atoms with Crippen molar-refractivity contribution >= 4 is 10.8 Å². The van der Waals surface area contributed by atoms with Crippen molar-refractivity contribution in [2.24, 2.45) is 0 Å². The molecular formula is C13H18O2S. The van der Waals surface area contributed by atoms with Crippen molar-refractivity contribution in [3.63, 3.8) is 0 Å². The second kappa shape index (κ2) is 5.97. The Hall–Kier alpha value is -0.930. The fourth-order valence-corrected chi connectivity index (χ4v) is 2.41. The van der Waals surface area contributed by atoms with E-state index in [1.165, 1.54) is 0 Å². The molecule has 3 heteroatoms. The van der Waals surface area contributed by atoms with Crippen LogP contribution in [-0.4, -0.2) is 21.2 Å². The average molecular weight is 238 g/mol. The highest BCUT2D eigenvalue weighted by Gasteiger charge is 2.08. The summed E-state index contributed by atoms with van der Waals surface area (Å²) in [4.78, 5) is 0.770. The number of aliphatic hydroxyl groups is 1. The molecule has 2 unspecified atom stereocenters. The molecule has 0 fully saturated rings. The Kier molecular flexibility index (Phi) is 4.90. The van der Waals surface area contributed by atoms with E-state index in [4.69, 9.17) is 0 Å². The Morgan fingerprint density at radius 3 is 2.44 bits per heavy atom. The molecule has 2 nitrogen and oxygen atoms in total. The lowest BCUT2D eigenvalue weighted by molar-refractivity contribution is 0.246. The van der Waals surface area contributed by atoms with Gasteiger partial charge in [-0.15, -0.1) is 0 Å². The van der Waals surface area contributed by atoms with Crippen molar-refractivity contribution in [3.05, 3.63) is 41.5 Å². The summed E-state index contributed by atoms with van der Waals surface area (Å²) in [6, 6.07) is 7.56. The van der Waals surface area contributed by atoms with Crippen molar-refractivity contribution < 1.29 is 9.32 Å². The van der Waals surface area contributed by atoms with E-state index >= 15 is 0 Å². The molecular weight excluding hydrogens is 220 g/mol. The number of rotatable bonds is 4. The van der Waals surface area contributed by atoms with E-state index in [1.807, 2.05) is 45.0 Å². The van der Waals surface area contributed by atoms with Gasteiger partial charge in [0.05, 0.1) is 22.7 Å². The van der Waals surface area contributed by atoms with Gasteiger partial charge in [-0.3, -0.25) is 4.21 Å². The third kappa shape index (κ3) is 4.29. The first-order valence-corrected chi connectivity index (χ1v) is 6.59. The maximum absolute atomic E-state index is 11.9. The molecule has 0 bridgehead atoms. The van der Waals surface area contributed by atoms with Gasteiger partial charge in [-0.25, -0.2) is 0 Å². The molecule has 0 aliphatic heterocycles. The number of hydrogen-bond acceptors (Lipinski definition) is 2. The van der Waals surface area contributed by atoms with Crippen molar-refractivity contribution in [1.82, 2.24) is 0 Å². The Morgan fingerprint density at radius 1 is 1.38 bits per heavy atom. The van der Waals surface area contributed by atoms with E-state index in [9.17, 15) is 9.32 Å². The van der Waals surface area contributed by atoms with E-state index in [-0.39, 0.29) is 5.75 Å². The van der Waals surface area contributed by atoms with Crippen molar-refractivity contribution in [2.75, 3.05) is 5.75 Å². The maximum atomic E-state index is 11.9. The molecule has 0 spiro atoms. The average Bonchev–Trinajstić information content (AvgIpc) is 2.16. The zero-order chi connectivity index (χ0) is 12.1. The predicted molar refractivity (Wildman–Crippen MR) is 67.9 cm³/mol. The van der Waals surface area contributed by atoms with Gasteiger partial charge in [0.15, 0.2) is 0 Å². The molecule has 1 rings (SSSR count). The van der Waals surface area contributed by atoms with Gasteiger partial charge in [0.25, 0.3) is 0 Å². The van der Waals surface area contributed by atoms with Crippen LogP contribution < -0.4 is 0 Å². The summed E-state index contributed by atoms with van der Waals surface area (Å²) in [6.07, 6.45) is 1.10. The predicted octanol–water partition coefficient (Wildman–Crippen LogP) is 2.43. The zero-order valence-electron chi connectivity index (χ0n) is 9.93. The van der Waals surface area contributed by atoms with E-state index in [0.717, 1.165) is 16.0 Å². The van der Waals surface area contributed by atoms with Gasteiger partial charge in [-0.05, 0) is 32.9 Å². The highest BCUT2D eigenvalue weighted by atomic mass is 32.2. The molecule has 0 saturated heterocycles. The maximum Gasteiger partial charge on any atom is 0.0842 e. The molecule has 0 radical (unpaired) electrons. The molecule has 16 heavy (non-hydrogen) atoms. The van der Waals surface area contributed by atoms with Gasteiger partial charge in [0.1, 0.15) is 0 Å². The highest BCUT2D eigenvalue weighted by Crippen LogP contribution is 2.10. The Bertz CT molecular complexity index is 389. The lowest BCUT2D eigenvalue weighted by atomic mass is 10.2. The molecule has 1 N–H and O–H groups in total. The summed E-state index contributed by atoms with van der Waals surface area (Å²) in [6.45, 7) is 5.82. The number of allylic oxidation sites excluding steroid dienone is 1. The van der Waals surface area contributed by atoms with Gasteiger partial charge < -0.3 is 5.11 Å². The molecule has 1 aromatic rings. The standard InChI is InChI=1S/C13H18O2S/c1-10(2)8-12(14)9-16(15)13-6-4-11(3)5-7-13/h4-8,12,14H,9H2,1-3H3. The zero-order valence-corrected chi connectivity index (χ0v) is 10.8. The largest absolute Gasteiger partial charge is 0.388 e. The monoisotopic (exact) mass is 238 g/mol. The van der Waals surface area contributed by atoms with Crippen LogP contribution in [0.2, 0.25) is 0 Å². The third-order valence-electron chi connectivity index (χ3n) is 2.13. The molecule has 0 amide bonds. The minimum atomic E-state index is -1.13. The Balaban J connectivity index is 2.66. The van der Waals surface area contributed by atoms with Crippen LogP contribution in [0.15, 0.2) is 40.8 Å². The van der Waals surface area contributed by atoms with Crippen LogP contribution in [0.5, 0.6) is 0 Å². The molecule has 0 aromatic heterocycles. The van der Waals surface area contributed by atoms with Crippen LogP contribution in [0.3, 0.4) is 0 Å². The number of aliphatic hydroxyl groups excluding tert-OH is 1. The number of hydrogen-bond donors (Lipinski definition) is 1. The fourth-order valence-electron chi connectivity index (χ4n) is 1.37. The van der Waals surface area contributed by atoms with Gasteiger partial charge >= 0.3 is 0 Å². The quantitative estimate of drug-likeness (QED) is 0.818. The van der Waals surface area contributed by atoms with Crippen LogP contribution in [0.25, 0.3) is 0 Å². The normalized spacial score (nSPS) is 14.2. The second-order valence-corrected chi connectivity index (χ2v) is 5.63. The molecule has 1 aromatic carbocycles. The van der Waals surface area contributed by atoms with Crippen LogP contribution >= 0.6 is 0 Å². The summed E-state index contributed by atoms with van der Waals surface area (Å²) in [5, 5.41) is 9.64. The van der Waals surface area contributed by atoms with Gasteiger partial charge in [0.2, 0.25) is 0 Å². The van der Waals surface area contributed by atoms with Crippen LogP contribution in [0.1, 0.15) is 19.4 Å². The van der Waals surface area contributed by atoms with Crippen LogP contribution in [0, 0.1) is 6.92 Å².